The van der Waals surface area contributed by atoms with Crippen molar-refractivity contribution in [3.63, 3.8) is 0 Å². The molecule has 0 atom stereocenters. The van der Waals surface area contributed by atoms with Crippen LogP contribution in [-0.4, -0.2) is 13.4 Å². The van der Waals surface area contributed by atoms with Gasteiger partial charge in [-0.05, 0) is 25.1 Å². The lowest BCUT2D eigenvalue weighted by atomic mass is 10.2. The summed E-state index contributed by atoms with van der Waals surface area (Å²) in [5, 5.41) is 0.522. The molecule has 1 heterocycles. The molecule has 2 rings (SSSR count). The number of nitrogens with zero attached hydrogens (tertiary/aromatic N) is 1. The molecule has 1 aromatic heterocycles. The lowest BCUT2D eigenvalue weighted by Crippen LogP contribution is -2.07. The van der Waals surface area contributed by atoms with Gasteiger partial charge in [-0.15, -0.1) is 0 Å². The number of benzene rings is 1. The number of aromatic nitrogens is 1. The summed E-state index contributed by atoms with van der Waals surface area (Å²) in [7, 11) is -3.83. The summed E-state index contributed by atoms with van der Waals surface area (Å²) >= 11 is 11.6. The van der Waals surface area contributed by atoms with Crippen LogP contribution in [0.3, 0.4) is 0 Å². The third-order valence-corrected chi connectivity index (χ3v) is 4.41. The van der Waals surface area contributed by atoms with Crippen LogP contribution >= 0.6 is 23.2 Å². The molecule has 0 saturated heterocycles. The molecular formula is C13H11Cl2NO3S. The molecule has 2 aromatic rings. The lowest BCUT2D eigenvalue weighted by Gasteiger charge is -2.07. The molecule has 0 unspecified atom stereocenters. The number of aryl methyl sites for hydroxylation is 1. The number of hydrogen-bond acceptors (Lipinski definition) is 4. The highest BCUT2D eigenvalue weighted by molar-refractivity contribution is 7.86. The van der Waals surface area contributed by atoms with Crippen molar-refractivity contribution in [1.82, 2.24) is 4.98 Å². The fraction of sp³-hybridized carbons (Fsp3) is 0.154. The van der Waals surface area contributed by atoms with Crippen LogP contribution in [0.25, 0.3) is 0 Å². The van der Waals surface area contributed by atoms with Gasteiger partial charge in [0, 0.05) is 11.8 Å². The molecule has 0 bridgehead atoms. The largest absolute Gasteiger partial charge is 0.297 e. The zero-order valence-electron chi connectivity index (χ0n) is 10.5. The Morgan fingerprint density at radius 1 is 1.20 bits per heavy atom. The Bertz CT molecular complexity index is 715. The highest BCUT2D eigenvalue weighted by Crippen LogP contribution is 2.21. The molecule has 0 aliphatic heterocycles. The molecule has 7 heteroatoms. The summed E-state index contributed by atoms with van der Waals surface area (Å²) in [5.41, 5.74) is 1.43. The number of rotatable bonds is 4. The average molecular weight is 332 g/mol. The summed E-state index contributed by atoms with van der Waals surface area (Å²) in [6.07, 6.45) is 1.35. The number of pyridine rings is 1. The standard InChI is InChI=1S/C13H11Cl2NO3S/c1-9-2-4-11(5-3-9)20(17,18)19-8-10-6-13(15)16-7-12(10)14/h2-7H,8H2,1H3. The van der Waals surface area contributed by atoms with E-state index in [0.717, 1.165) is 5.56 Å². The van der Waals surface area contributed by atoms with E-state index in [1.165, 1.54) is 24.4 Å². The summed E-state index contributed by atoms with van der Waals surface area (Å²) < 4.78 is 29.0. The van der Waals surface area contributed by atoms with Gasteiger partial charge in [0.15, 0.2) is 0 Å². The first-order valence-electron chi connectivity index (χ1n) is 5.64. The van der Waals surface area contributed by atoms with E-state index in [9.17, 15) is 8.42 Å². The molecule has 20 heavy (non-hydrogen) atoms. The summed E-state index contributed by atoms with van der Waals surface area (Å²) in [4.78, 5) is 3.88. The average Bonchev–Trinajstić information content (AvgIpc) is 2.40. The predicted octanol–water partition coefficient (Wildman–Crippen LogP) is 3.60. The Hall–Kier alpha value is -1.14. The molecule has 0 aliphatic rings. The highest BCUT2D eigenvalue weighted by Gasteiger charge is 2.16. The zero-order chi connectivity index (χ0) is 14.8. The summed E-state index contributed by atoms with van der Waals surface area (Å²) in [6.45, 7) is 1.67. The maximum Gasteiger partial charge on any atom is 0.297 e. The fourth-order valence-corrected chi connectivity index (χ4v) is 2.70. The van der Waals surface area contributed by atoms with Crippen molar-refractivity contribution in [2.45, 2.75) is 18.4 Å². The van der Waals surface area contributed by atoms with Gasteiger partial charge < -0.3 is 0 Å². The van der Waals surface area contributed by atoms with E-state index < -0.39 is 10.1 Å². The van der Waals surface area contributed by atoms with Crippen molar-refractivity contribution >= 4 is 33.3 Å². The Morgan fingerprint density at radius 2 is 1.85 bits per heavy atom. The Labute approximate surface area is 127 Å². The Morgan fingerprint density at radius 3 is 2.50 bits per heavy atom. The van der Waals surface area contributed by atoms with Gasteiger partial charge in [-0.1, -0.05) is 40.9 Å². The third kappa shape index (κ3) is 3.70. The minimum absolute atomic E-state index is 0.0966. The molecular weight excluding hydrogens is 321 g/mol. The first-order chi connectivity index (χ1) is 9.38. The molecule has 1 aromatic carbocycles. The van der Waals surface area contributed by atoms with Crippen LogP contribution in [-0.2, 0) is 20.9 Å². The van der Waals surface area contributed by atoms with Crippen LogP contribution in [0.15, 0.2) is 41.4 Å². The van der Waals surface area contributed by atoms with Crippen LogP contribution in [0.1, 0.15) is 11.1 Å². The second-order valence-electron chi connectivity index (χ2n) is 4.13. The van der Waals surface area contributed by atoms with E-state index >= 15 is 0 Å². The van der Waals surface area contributed by atoms with Crippen molar-refractivity contribution in [1.29, 1.82) is 0 Å². The minimum Gasteiger partial charge on any atom is -0.261 e. The number of halogens is 2. The first-order valence-corrected chi connectivity index (χ1v) is 7.81. The van der Waals surface area contributed by atoms with Gasteiger partial charge in [0.1, 0.15) is 5.15 Å². The quantitative estimate of drug-likeness (QED) is 0.634. The van der Waals surface area contributed by atoms with Gasteiger partial charge in [0.25, 0.3) is 10.1 Å². The van der Waals surface area contributed by atoms with Crippen LogP contribution in [0.5, 0.6) is 0 Å². The van der Waals surface area contributed by atoms with Crippen molar-refractivity contribution in [2.75, 3.05) is 0 Å². The van der Waals surface area contributed by atoms with E-state index in [1.54, 1.807) is 12.1 Å². The van der Waals surface area contributed by atoms with E-state index in [4.69, 9.17) is 27.4 Å². The van der Waals surface area contributed by atoms with Crippen molar-refractivity contribution in [3.8, 4) is 0 Å². The first kappa shape index (κ1) is 15.3. The number of hydrogen-bond donors (Lipinski definition) is 0. The third-order valence-electron chi connectivity index (χ3n) is 2.58. The highest BCUT2D eigenvalue weighted by atomic mass is 35.5. The molecule has 0 radical (unpaired) electrons. The van der Waals surface area contributed by atoms with Gasteiger partial charge in [0.2, 0.25) is 0 Å². The molecule has 0 fully saturated rings. The Balaban J connectivity index is 2.17. The van der Waals surface area contributed by atoms with Gasteiger partial charge in [-0.2, -0.15) is 8.42 Å². The van der Waals surface area contributed by atoms with Gasteiger partial charge in [0.05, 0.1) is 16.5 Å². The molecule has 106 valence electrons. The molecule has 0 amide bonds. The molecule has 0 saturated carbocycles. The predicted molar refractivity (Wildman–Crippen MR) is 77.4 cm³/mol. The summed E-state index contributed by atoms with van der Waals surface area (Å²) in [6, 6.07) is 7.85. The molecule has 0 N–H and O–H groups in total. The van der Waals surface area contributed by atoms with Crippen molar-refractivity contribution in [3.05, 3.63) is 57.8 Å². The summed E-state index contributed by atoms with van der Waals surface area (Å²) in [5.74, 6) is 0. The van der Waals surface area contributed by atoms with E-state index in [2.05, 4.69) is 4.98 Å². The SMILES string of the molecule is Cc1ccc(S(=O)(=O)OCc2cc(Cl)ncc2Cl)cc1. The van der Waals surface area contributed by atoms with E-state index in [-0.39, 0.29) is 16.7 Å². The second-order valence-corrected chi connectivity index (χ2v) is 6.54. The monoisotopic (exact) mass is 331 g/mol. The molecule has 4 nitrogen and oxygen atoms in total. The lowest BCUT2D eigenvalue weighted by molar-refractivity contribution is 0.308. The van der Waals surface area contributed by atoms with Gasteiger partial charge in [-0.25, -0.2) is 4.98 Å². The van der Waals surface area contributed by atoms with Crippen LogP contribution in [0.4, 0.5) is 0 Å². The smallest absolute Gasteiger partial charge is 0.261 e. The maximum atomic E-state index is 12.0. The van der Waals surface area contributed by atoms with Crippen LogP contribution in [0, 0.1) is 6.92 Å². The minimum atomic E-state index is -3.83. The fourth-order valence-electron chi connectivity index (χ4n) is 1.48. The molecule has 0 spiro atoms. The van der Waals surface area contributed by atoms with Gasteiger partial charge in [-0.3, -0.25) is 4.18 Å². The topological polar surface area (TPSA) is 56.3 Å². The van der Waals surface area contributed by atoms with Crippen molar-refractivity contribution in [2.24, 2.45) is 0 Å². The van der Waals surface area contributed by atoms with Gasteiger partial charge >= 0.3 is 0 Å². The van der Waals surface area contributed by atoms with E-state index in [1.807, 2.05) is 6.92 Å². The zero-order valence-corrected chi connectivity index (χ0v) is 12.8. The Kier molecular flexibility index (Phi) is 4.65. The maximum absolute atomic E-state index is 12.0. The normalized spacial score (nSPS) is 11.6. The molecule has 0 aliphatic carbocycles. The second kappa shape index (κ2) is 6.10. The van der Waals surface area contributed by atoms with Crippen molar-refractivity contribution < 1.29 is 12.6 Å². The van der Waals surface area contributed by atoms with Crippen LogP contribution < -0.4 is 0 Å². The van der Waals surface area contributed by atoms with E-state index in [0.29, 0.717) is 10.6 Å². The van der Waals surface area contributed by atoms with Crippen LogP contribution in [0.2, 0.25) is 10.2 Å².